The predicted octanol–water partition coefficient (Wildman–Crippen LogP) is 2.97. The van der Waals surface area contributed by atoms with Crippen molar-refractivity contribution in [1.82, 2.24) is 26.2 Å². The van der Waals surface area contributed by atoms with Crippen LogP contribution in [0.25, 0.3) is 0 Å². The van der Waals surface area contributed by atoms with E-state index < -0.39 is 47.5 Å². The number of benzene rings is 2. The number of aryl methyl sites for hydroxylation is 2. The molecule has 2 aromatic carbocycles. The molecule has 0 aliphatic carbocycles. The van der Waals surface area contributed by atoms with Gasteiger partial charge in [0.25, 0.3) is 0 Å². The van der Waals surface area contributed by atoms with Crippen molar-refractivity contribution in [3.8, 4) is 0 Å². The summed E-state index contributed by atoms with van der Waals surface area (Å²) < 4.78 is 10.8. The van der Waals surface area contributed by atoms with Gasteiger partial charge in [-0.2, -0.15) is 0 Å². The van der Waals surface area contributed by atoms with Crippen molar-refractivity contribution in [3.05, 3.63) is 71.8 Å². The van der Waals surface area contributed by atoms with Crippen molar-refractivity contribution in [2.45, 2.75) is 103 Å². The largest absolute Gasteiger partial charge is 0.379 e. The molecule has 12 nitrogen and oxygen atoms in total. The number of nitrogens with zero attached hydrogens (tertiary/aromatic N) is 1. The van der Waals surface area contributed by atoms with Gasteiger partial charge in [0.1, 0.15) is 23.7 Å². The van der Waals surface area contributed by atoms with Crippen LogP contribution in [0.15, 0.2) is 60.7 Å². The minimum atomic E-state index is -0.980. The van der Waals surface area contributed by atoms with Crippen molar-refractivity contribution in [1.29, 1.82) is 0 Å². The SMILES string of the molecule is CC(C)C[C@H](NC(=O)[C@H](CCc1ccccc1)NC(=O)CN1CCOCC1)C(=O)N[C@H](CCc1ccccc1)C(=O)N[C@H](CC(C)C)C(=O)[C@@]1(C)CO1. The third-order valence-corrected chi connectivity index (χ3v) is 9.66. The Kier molecular flexibility index (Phi) is 16.0. The number of hydrogen-bond donors (Lipinski definition) is 4. The van der Waals surface area contributed by atoms with Gasteiger partial charge in [-0.15, -0.1) is 0 Å². The first-order chi connectivity index (χ1) is 25.3. The summed E-state index contributed by atoms with van der Waals surface area (Å²) in [5.41, 5.74) is 1.10. The van der Waals surface area contributed by atoms with Crippen molar-refractivity contribution < 1.29 is 33.4 Å². The zero-order chi connectivity index (χ0) is 38.4. The number of hydrogen-bond acceptors (Lipinski definition) is 8. The zero-order valence-electron chi connectivity index (χ0n) is 32.0. The quantitative estimate of drug-likeness (QED) is 0.143. The van der Waals surface area contributed by atoms with E-state index in [0.29, 0.717) is 65.0 Å². The van der Waals surface area contributed by atoms with Crippen LogP contribution in [0, 0.1) is 11.8 Å². The van der Waals surface area contributed by atoms with E-state index in [0.717, 1.165) is 11.1 Å². The molecule has 2 aliphatic heterocycles. The van der Waals surface area contributed by atoms with Crippen LogP contribution in [0.4, 0.5) is 0 Å². The molecule has 0 saturated carbocycles. The van der Waals surface area contributed by atoms with E-state index in [1.165, 1.54) is 0 Å². The maximum absolute atomic E-state index is 14.1. The molecule has 0 unspecified atom stereocenters. The molecule has 2 aliphatic rings. The molecule has 0 aromatic heterocycles. The average Bonchev–Trinajstić information content (AvgIpc) is 3.89. The molecular weight excluding hydrogens is 674 g/mol. The molecular formula is C41H59N5O7. The molecule has 0 bridgehead atoms. The minimum Gasteiger partial charge on any atom is -0.379 e. The Bertz CT molecular complexity index is 1490. The number of Topliss-reactive ketones (excluding diaryl/α,β-unsaturated/α-hetero) is 1. The second-order valence-corrected chi connectivity index (χ2v) is 15.4. The van der Waals surface area contributed by atoms with Gasteiger partial charge in [0, 0.05) is 13.1 Å². The number of amides is 4. The first kappa shape index (κ1) is 41.6. The van der Waals surface area contributed by atoms with Gasteiger partial charge in [0.05, 0.1) is 32.4 Å². The maximum atomic E-state index is 14.1. The van der Waals surface area contributed by atoms with Crippen LogP contribution in [-0.4, -0.2) is 104 Å². The lowest BCUT2D eigenvalue weighted by molar-refractivity contribution is -0.135. The van der Waals surface area contributed by atoms with E-state index in [-0.39, 0.29) is 36.5 Å². The Morgan fingerprint density at radius 1 is 0.660 bits per heavy atom. The molecule has 2 saturated heterocycles. The number of rotatable bonds is 21. The number of morpholine rings is 1. The van der Waals surface area contributed by atoms with Gasteiger partial charge < -0.3 is 30.7 Å². The highest BCUT2D eigenvalue weighted by molar-refractivity contribution is 5.98. The second kappa shape index (κ2) is 20.4. The highest BCUT2D eigenvalue weighted by Gasteiger charge is 2.50. The van der Waals surface area contributed by atoms with Crippen LogP contribution in [0.5, 0.6) is 0 Å². The van der Waals surface area contributed by atoms with Crippen LogP contribution in [0.1, 0.15) is 71.4 Å². The van der Waals surface area contributed by atoms with Crippen molar-refractivity contribution >= 4 is 29.4 Å². The molecule has 2 heterocycles. The molecule has 0 radical (unpaired) electrons. The minimum absolute atomic E-state index is 0.0219. The first-order valence-corrected chi connectivity index (χ1v) is 19.1. The van der Waals surface area contributed by atoms with Crippen molar-refractivity contribution in [2.24, 2.45) is 11.8 Å². The second-order valence-electron chi connectivity index (χ2n) is 15.4. The van der Waals surface area contributed by atoms with E-state index in [9.17, 15) is 24.0 Å². The molecule has 0 spiro atoms. The van der Waals surface area contributed by atoms with Gasteiger partial charge in [0.15, 0.2) is 5.78 Å². The molecule has 290 valence electrons. The van der Waals surface area contributed by atoms with Crippen molar-refractivity contribution in [2.75, 3.05) is 39.5 Å². The van der Waals surface area contributed by atoms with Gasteiger partial charge in [-0.1, -0.05) is 88.4 Å². The first-order valence-electron chi connectivity index (χ1n) is 19.1. The van der Waals surface area contributed by atoms with Crippen LogP contribution in [0.2, 0.25) is 0 Å². The number of ether oxygens (including phenoxy) is 2. The van der Waals surface area contributed by atoms with E-state index in [1.54, 1.807) is 6.92 Å². The third-order valence-electron chi connectivity index (χ3n) is 9.66. The molecule has 12 heteroatoms. The van der Waals surface area contributed by atoms with E-state index >= 15 is 0 Å². The Balaban J connectivity index is 1.50. The monoisotopic (exact) mass is 733 g/mol. The van der Waals surface area contributed by atoms with Crippen LogP contribution in [0.3, 0.4) is 0 Å². The molecule has 4 N–H and O–H groups in total. The smallest absolute Gasteiger partial charge is 0.243 e. The fraction of sp³-hybridized carbons (Fsp3) is 0.585. The summed E-state index contributed by atoms with van der Waals surface area (Å²) in [6.45, 7) is 12.4. The predicted molar refractivity (Wildman–Crippen MR) is 203 cm³/mol. The van der Waals surface area contributed by atoms with Gasteiger partial charge in [-0.05, 0) is 68.4 Å². The third kappa shape index (κ3) is 14.0. The van der Waals surface area contributed by atoms with E-state index in [1.807, 2.05) is 93.3 Å². The topological polar surface area (TPSA) is 158 Å². The Hall–Kier alpha value is -4.13. The summed E-state index contributed by atoms with van der Waals surface area (Å²) in [5, 5.41) is 11.7. The number of carbonyl (C=O) groups is 5. The lowest BCUT2D eigenvalue weighted by atomic mass is 9.93. The Labute approximate surface area is 314 Å². The lowest BCUT2D eigenvalue weighted by Gasteiger charge is -2.29. The van der Waals surface area contributed by atoms with Crippen molar-refractivity contribution in [3.63, 3.8) is 0 Å². The Morgan fingerprint density at radius 3 is 1.58 bits per heavy atom. The van der Waals surface area contributed by atoms with Gasteiger partial charge in [-0.25, -0.2) is 0 Å². The number of nitrogens with one attached hydrogen (secondary N) is 4. The van der Waals surface area contributed by atoms with Gasteiger partial charge in [0.2, 0.25) is 23.6 Å². The molecule has 2 fully saturated rings. The Morgan fingerprint density at radius 2 is 1.09 bits per heavy atom. The summed E-state index contributed by atoms with van der Waals surface area (Å²) >= 11 is 0. The molecule has 53 heavy (non-hydrogen) atoms. The standard InChI is InChI=1S/C41H59N5O7/c1-28(2)24-34(37(48)41(5)27-53-41)44-39(50)33(19-17-31-14-10-7-11-15-31)43-40(51)35(25-29(3)4)45-38(49)32(18-16-30-12-8-6-9-13-30)42-36(47)26-46-20-22-52-23-21-46/h6-15,28-29,32-35H,16-27H2,1-5H3,(H,42,47)(H,43,51)(H,44,50)(H,45,49)/t32-,33+,34+,35-,41+/m0/s1. The number of epoxide rings is 1. The van der Waals surface area contributed by atoms with Gasteiger partial charge in [-0.3, -0.25) is 28.9 Å². The fourth-order valence-electron chi connectivity index (χ4n) is 6.49. The normalized spacial score (nSPS) is 19.5. The number of carbonyl (C=O) groups excluding carboxylic acids is 5. The molecule has 2 aromatic rings. The van der Waals surface area contributed by atoms with Crippen LogP contribution in [-0.2, 0) is 46.3 Å². The molecule has 4 amide bonds. The highest BCUT2D eigenvalue weighted by atomic mass is 16.6. The maximum Gasteiger partial charge on any atom is 0.243 e. The van der Waals surface area contributed by atoms with E-state index in [4.69, 9.17) is 9.47 Å². The van der Waals surface area contributed by atoms with Crippen LogP contribution < -0.4 is 21.3 Å². The van der Waals surface area contributed by atoms with E-state index in [2.05, 4.69) is 21.3 Å². The zero-order valence-corrected chi connectivity index (χ0v) is 32.0. The highest BCUT2D eigenvalue weighted by Crippen LogP contribution is 2.29. The lowest BCUT2D eigenvalue weighted by Crippen LogP contribution is -2.59. The summed E-state index contributed by atoms with van der Waals surface area (Å²) in [6.07, 6.45) is 2.38. The summed E-state index contributed by atoms with van der Waals surface area (Å²) in [4.78, 5) is 70.6. The van der Waals surface area contributed by atoms with Crippen LogP contribution >= 0.6 is 0 Å². The fourth-order valence-corrected chi connectivity index (χ4v) is 6.49. The average molecular weight is 734 g/mol. The number of ketones is 1. The summed E-state index contributed by atoms with van der Waals surface area (Å²) in [7, 11) is 0. The van der Waals surface area contributed by atoms with Gasteiger partial charge >= 0.3 is 0 Å². The summed E-state index contributed by atoms with van der Waals surface area (Å²) in [5.74, 6) is -1.77. The molecule has 5 atom stereocenters. The molecule has 4 rings (SSSR count). The summed E-state index contributed by atoms with van der Waals surface area (Å²) in [6, 6.07) is 15.7.